The minimum atomic E-state index is -0.0688. The highest BCUT2D eigenvalue weighted by atomic mass is 16.5. The number of carbonyl (C=O) groups is 1. The van der Waals surface area contributed by atoms with Crippen LogP contribution in [-0.4, -0.2) is 23.7 Å². The molecule has 1 aliphatic heterocycles. The lowest BCUT2D eigenvalue weighted by Crippen LogP contribution is -2.50. The molecule has 1 aromatic rings. The van der Waals surface area contributed by atoms with Crippen LogP contribution in [0.3, 0.4) is 0 Å². The molecule has 2 N–H and O–H groups in total. The molecule has 0 spiro atoms. The van der Waals surface area contributed by atoms with Crippen LogP contribution in [0.25, 0.3) is 0 Å². The van der Waals surface area contributed by atoms with Crippen LogP contribution in [0.1, 0.15) is 25.5 Å². The summed E-state index contributed by atoms with van der Waals surface area (Å²) < 4.78 is 4.70. The summed E-state index contributed by atoms with van der Waals surface area (Å²) in [6.45, 7) is 3.46. The topological polar surface area (TPSA) is 67.2 Å². The summed E-state index contributed by atoms with van der Waals surface area (Å²) in [5.41, 5.74) is 0.747. The van der Waals surface area contributed by atoms with Gasteiger partial charge < -0.3 is 15.2 Å². The van der Waals surface area contributed by atoms with E-state index in [2.05, 4.69) is 22.7 Å². The predicted molar refractivity (Wildman–Crippen MR) is 58.5 cm³/mol. The van der Waals surface area contributed by atoms with Crippen molar-refractivity contribution in [3.63, 3.8) is 0 Å². The Hall–Kier alpha value is -1.36. The van der Waals surface area contributed by atoms with Gasteiger partial charge in [-0.2, -0.15) is 0 Å². The van der Waals surface area contributed by atoms with E-state index >= 15 is 0 Å². The van der Waals surface area contributed by atoms with Crippen molar-refractivity contribution in [1.82, 2.24) is 15.8 Å². The summed E-state index contributed by atoms with van der Waals surface area (Å²) in [7, 11) is 0. The van der Waals surface area contributed by atoms with Crippen LogP contribution in [0.5, 0.6) is 0 Å². The number of piperidine rings is 1. The first-order chi connectivity index (χ1) is 7.77. The molecule has 1 fully saturated rings. The number of nitrogens with zero attached hydrogens (tertiary/aromatic N) is 1. The highest BCUT2D eigenvalue weighted by Crippen LogP contribution is 2.15. The SMILES string of the molecule is CC1CCCNC1C(=O)NCc1ccon1. The molecule has 2 heterocycles. The Morgan fingerprint density at radius 3 is 3.31 bits per heavy atom. The molecule has 2 unspecified atom stereocenters. The summed E-state index contributed by atoms with van der Waals surface area (Å²) in [5.74, 6) is 0.446. The predicted octanol–water partition coefficient (Wildman–Crippen LogP) is 0.679. The summed E-state index contributed by atoms with van der Waals surface area (Å²) >= 11 is 0. The molecule has 88 valence electrons. The summed E-state index contributed by atoms with van der Waals surface area (Å²) in [6, 6.07) is 1.68. The fourth-order valence-corrected chi connectivity index (χ4v) is 2.02. The third kappa shape index (κ3) is 2.61. The first kappa shape index (κ1) is 11.1. The quantitative estimate of drug-likeness (QED) is 0.790. The van der Waals surface area contributed by atoms with Crippen LogP contribution in [-0.2, 0) is 11.3 Å². The number of amides is 1. The molecule has 1 aromatic heterocycles. The van der Waals surface area contributed by atoms with E-state index in [0.29, 0.717) is 12.5 Å². The first-order valence-electron chi connectivity index (χ1n) is 5.67. The summed E-state index contributed by atoms with van der Waals surface area (Å²) in [5, 5.41) is 9.85. The van der Waals surface area contributed by atoms with Crippen LogP contribution in [0.2, 0.25) is 0 Å². The van der Waals surface area contributed by atoms with E-state index in [0.717, 1.165) is 25.1 Å². The second-order valence-corrected chi connectivity index (χ2v) is 4.26. The molecule has 0 aromatic carbocycles. The van der Waals surface area contributed by atoms with Crippen LogP contribution in [0.4, 0.5) is 0 Å². The van der Waals surface area contributed by atoms with Gasteiger partial charge in [-0.1, -0.05) is 12.1 Å². The van der Waals surface area contributed by atoms with Crippen LogP contribution < -0.4 is 10.6 Å². The van der Waals surface area contributed by atoms with Gasteiger partial charge in [0.15, 0.2) is 0 Å². The van der Waals surface area contributed by atoms with E-state index in [1.807, 2.05) is 0 Å². The fraction of sp³-hybridized carbons (Fsp3) is 0.636. The second-order valence-electron chi connectivity index (χ2n) is 4.26. The maximum Gasteiger partial charge on any atom is 0.237 e. The van der Waals surface area contributed by atoms with Crippen molar-refractivity contribution < 1.29 is 9.32 Å². The molecule has 16 heavy (non-hydrogen) atoms. The summed E-state index contributed by atoms with van der Waals surface area (Å²) in [6.07, 6.45) is 3.76. The fourth-order valence-electron chi connectivity index (χ4n) is 2.02. The molecule has 0 saturated carbocycles. The lowest BCUT2D eigenvalue weighted by molar-refractivity contribution is -0.125. The Kier molecular flexibility index (Phi) is 3.56. The lowest BCUT2D eigenvalue weighted by Gasteiger charge is -2.28. The molecule has 0 radical (unpaired) electrons. The number of nitrogens with one attached hydrogen (secondary N) is 2. The van der Waals surface area contributed by atoms with Crippen molar-refractivity contribution in [3.05, 3.63) is 18.0 Å². The number of aromatic nitrogens is 1. The van der Waals surface area contributed by atoms with Gasteiger partial charge in [0.2, 0.25) is 5.91 Å². The molecule has 1 aliphatic rings. The zero-order valence-corrected chi connectivity index (χ0v) is 9.40. The van der Waals surface area contributed by atoms with Crippen molar-refractivity contribution in [2.45, 2.75) is 32.4 Å². The Bertz CT molecular complexity index is 337. The lowest BCUT2D eigenvalue weighted by atomic mass is 9.92. The first-order valence-corrected chi connectivity index (χ1v) is 5.67. The number of hydrogen-bond acceptors (Lipinski definition) is 4. The van der Waals surface area contributed by atoms with Crippen LogP contribution in [0.15, 0.2) is 16.9 Å². The molecule has 0 bridgehead atoms. The molecule has 5 heteroatoms. The van der Waals surface area contributed by atoms with Crippen molar-refractivity contribution in [3.8, 4) is 0 Å². The third-order valence-electron chi connectivity index (χ3n) is 2.99. The normalized spacial score (nSPS) is 25.3. The molecule has 1 amide bonds. The number of hydrogen-bond donors (Lipinski definition) is 2. The van der Waals surface area contributed by atoms with Crippen molar-refractivity contribution in [1.29, 1.82) is 0 Å². The monoisotopic (exact) mass is 223 g/mol. The van der Waals surface area contributed by atoms with Gasteiger partial charge >= 0.3 is 0 Å². The van der Waals surface area contributed by atoms with E-state index in [1.165, 1.54) is 6.26 Å². The molecule has 2 rings (SSSR count). The largest absolute Gasteiger partial charge is 0.364 e. The number of rotatable bonds is 3. The molecule has 5 nitrogen and oxygen atoms in total. The zero-order valence-electron chi connectivity index (χ0n) is 9.40. The van der Waals surface area contributed by atoms with Crippen LogP contribution >= 0.6 is 0 Å². The maximum atomic E-state index is 11.9. The van der Waals surface area contributed by atoms with Crippen molar-refractivity contribution >= 4 is 5.91 Å². The van der Waals surface area contributed by atoms with Crippen molar-refractivity contribution in [2.24, 2.45) is 5.92 Å². The van der Waals surface area contributed by atoms with E-state index in [4.69, 9.17) is 4.52 Å². The van der Waals surface area contributed by atoms with Gasteiger partial charge in [-0.25, -0.2) is 0 Å². The third-order valence-corrected chi connectivity index (χ3v) is 2.99. The number of carbonyl (C=O) groups excluding carboxylic acids is 1. The Balaban J connectivity index is 1.83. The highest BCUT2D eigenvalue weighted by Gasteiger charge is 2.26. The Morgan fingerprint density at radius 1 is 1.75 bits per heavy atom. The van der Waals surface area contributed by atoms with Gasteiger partial charge in [0.1, 0.15) is 12.0 Å². The Labute approximate surface area is 94.6 Å². The van der Waals surface area contributed by atoms with Gasteiger partial charge in [0, 0.05) is 6.07 Å². The molecule has 1 saturated heterocycles. The average Bonchev–Trinajstić information content (AvgIpc) is 2.79. The van der Waals surface area contributed by atoms with E-state index in [-0.39, 0.29) is 11.9 Å². The van der Waals surface area contributed by atoms with E-state index in [1.54, 1.807) is 6.07 Å². The van der Waals surface area contributed by atoms with Gasteiger partial charge in [-0.3, -0.25) is 4.79 Å². The molecule has 2 atom stereocenters. The van der Waals surface area contributed by atoms with E-state index < -0.39 is 0 Å². The van der Waals surface area contributed by atoms with Crippen molar-refractivity contribution in [2.75, 3.05) is 6.54 Å². The standard InChI is InChI=1S/C11H17N3O2/c1-8-3-2-5-12-10(8)11(15)13-7-9-4-6-16-14-9/h4,6,8,10,12H,2-3,5,7H2,1H3,(H,13,15). The minimum absolute atomic E-state index is 0.0511. The van der Waals surface area contributed by atoms with Gasteiger partial charge in [-0.05, 0) is 25.3 Å². The molecular weight excluding hydrogens is 206 g/mol. The van der Waals surface area contributed by atoms with Gasteiger partial charge in [-0.15, -0.1) is 0 Å². The minimum Gasteiger partial charge on any atom is -0.364 e. The molecular formula is C11H17N3O2. The summed E-state index contributed by atoms with van der Waals surface area (Å²) in [4.78, 5) is 11.9. The van der Waals surface area contributed by atoms with Crippen LogP contribution in [0, 0.1) is 5.92 Å². The Morgan fingerprint density at radius 2 is 2.62 bits per heavy atom. The molecule has 0 aliphatic carbocycles. The second kappa shape index (κ2) is 5.12. The van der Waals surface area contributed by atoms with E-state index in [9.17, 15) is 4.79 Å². The average molecular weight is 223 g/mol. The smallest absolute Gasteiger partial charge is 0.237 e. The highest BCUT2D eigenvalue weighted by molar-refractivity contribution is 5.82. The van der Waals surface area contributed by atoms with Gasteiger partial charge in [0.05, 0.1) is 12.6 Å². The van der Waals surface area contributed by atoms with Gasteiger partial charge in [0.25, 0.3) is 0 Å². The maximum absolute atomic E-state index is 11.9. The zero-order chi connectivity index (χ0) is 11.4.